The molecule has 1 fully saturated rings. The van der Waals surface area contributed by atoms with Crippen molar-refractivity contribution in [1.82, 2.24) is 4.31 Å². The molecule has 2 aromatic rings. The Kier molecular flexibility index (Phi) is 6.54. The van der Waals surface area contributed by atoms with Crippen molar-refractivity contribution in [2.75, 3.05) is 31.6 Å². The Morgan fingerprint density at radius 3 is 2.54 bits per heavy atom. The number of rotatable bonds is 5. The third-order valence-electron chi connectivity index (χ3n) is 4.73. The molecule has 1 heterocycles. The van der Waals surface area contributed by atoms with Crippen LogP contribution in [0.1, 0.15) is 28.4 Å². The number of halogens is 1. The molecule has 1 aliphatic heterocycles. The van der Waals surface area contributed by atoms with Crippen LogP contribution in [0.15, 0.2) is 45.8 Å². The molecule has 1 aliphatic rings. The number of carbonyl (C=O) groups excluding carboxylic acids is 1. The minimum Gasteiger partial charge on any atom is -0.379 e. The second-order valence-electron chi connectivity index (χ2n) is 6.61. The lowest BCUT2D eigenvalue weighted by Crippen LogP contribution is -2.41. The molecule has 150 valence electrons. The highest BCUT2D eigenvalue weighted by Crippen LogP contribution is 2.25. The van der Waals surface area contributed by atoms with Gasteiger partial charge in [-0.1, -0.05) is 28.9 Å². The van der Waals surface area contributed by atoms with Gasteiger partial charge in [-0.2, -0.15) is 4.31 Å². The van der Waals surface area contributed by atoms with Crippen LogP contribution >= 0.6 is 15.9 Å². The maximum absolute atomic E-state index is 13.1. The highest BCUT2D eigenvalue weighted by atomic mass is 79.9. The van der Waals surface area contributed by atoms with Gasteiger partial charge in [-0.3, -0.25) is 4.79 Å². The van der Waals surface area contributed by atoms with E-state index in [1.807, 2.05) is 32.0 Å². The first-order valence-electron chi connectivity index (χ1n) is 9.11. The minimum absolute atomic E-state index is 0.192. The summed E-state index contributed by atoms with van der Waals surface area (Å²) in [6, 6.07) is 10.4. The number of nitrogens with one attached hydrogen (secondary N) is 1. The van der Waals surface area contributed by atoms with E-state index in [2.05, 4.69) is 21.2 Å². The monoisotopic (exact) mass is 466 g/mol. The standard InChI is InChI=1S/C20H23BrN2O4S/c1-3-15-4-5-16(20(24)22-18-7-6-17(21)12-14(18)2)13-19(15)28(25,26)23-8-10-27-11-9-23/h4-7,12-13H,3,8-11H2,1-2H3,(H,22,24). The lowest BCUT2D eigenvalue weighted by molar-refractivity contribution is 0.0730. The fraction of sp³-hybridized carbons (Fsp3) is 0.350. The van der Waals surface area contributed by atoms with Crippen LogP contribution in [0.3, 0.4) is 0 Å². The number of sulfonamides is 1. The summed E-state index contributed by atoms with van der Waals surface area (Å²) in [6.07, 6.45) is 0.562. The number of benzene rings is 2. The van der Waals surface area contributed by atoms with Gasteiger partial charge in [-0.05, 0) is 54.8 Å². The molecule has 0 radical (unpaired) electrons. The summed E-state index contributed by atoms with van der Waals surface area (Å²) >= 11 is 3.40. The van der Waals surface area contributed by atoms with Crippen molar-refractivity contribution < 1.29 is 17.9 Å². The summed E-state index contributed by atoms with van der Waals surface area (Å²) in [6.45, 7) is 5.20. The number of ether oxygens (including phenoxy) is 1. The van der Waals surface area contributed by atoms with Gasteiger partial charge in [0.2, 0.25) is 10.0 Å². The molecule has 0 bridgehead atoms. The Morgan fingerprint density at radius 2 is 1.89 bits per heavy atom. The highest BCUT2D eigenvalue weighted by Gasteiger charge is 2.29. The van der Waals surface area contributed by atoms with Crippen LogP contribution in [-0.2, 0) is 21.2 Å². The number of anilines is 1. The molecule has 0 unspecified atom stereocenters. The summed E-state index contributed by atoms with van der Waals surface area (Å²) in [7, 11) is -3.68. The molecule has 1 saturated heterocycles. The van der Waals surface area contributed by atoms with Crippen molar-refractivity contribution >= 4 is 37.5 Å². The Morgan fingerprint density at radius 1 is 1.18 bits per heavy atom. The summed E-state index contributed by atoms with van der Waals surface area (Å²) < 4.78 is 33.9. The van der Waals surface area contributed by atoms with Crippen LogP contribution in [0.5, 0.6) is 0 Å². The number of morpholine rings is 1. The fourth-order valence-electron chi connectivity index (χ4n) is 3.12. The second kappa shape index (κ2) is 8.73. The first kappa shape index (κ1) is 21.0. The average Bonchev–Trinajstić information content (AvgIpc) is 2.70. The average molecular weight is 467 g/mol. The van der Waals surface area contributed by atoms with Crippen LogP contribution in [0, 0.1) is 6.92 Å². The number of hydrogen-bond donors (Lipinski definition) is 1. The van der Waals surface area contributed by atoms with Crippen molar-refractivity contribution in [3.8, 4) is 0 Å². The maximum atomic E-state index is 13.1. The molecule has 0 spiro atoms. The van der Waals surface area contributed by atoms with Crippen LogP contribution in [0.2, 0.25) is 0 Å². The Labute approximate surface area is 174 Å². The van der Waals surface area contributed by atoms with E-state index in [0.29, 0.717) is 49.5 Å². The zero-order valence-corrected chi connectivity index (χ0v) is 18.3. The normalized spacial score (nSPS) is 15.4. The largest absolute Gasteiger partial charge is 0.379 e. The highest BCUT2D eigenvalue weighted by molar-refractivity contribution is 9.10. The van der Waals surface area contributed by atoms with Crippen LogP contribution in [-0.4, -0.2) is 44.9 Å². The smallest absolute Gasteiger partial charge is 0.255 e. The van der Waals surface area contributed by atoms with E-state index in [1.165, 1.54) is 10.4 Å². The molecule has 6 nitrogen and oxygen atoms in total. The molecule has 0 saturated carbocycles. The zero-order chi connectivity index (χ0) is 20.3. The Bertz CT molecular complexity index is 986. The molecule has 1 amide bonds. The van der Waals surface area contributed by atoms with E-state index in [9.17, 15) is 13.2 Å². The first-order valence-corrected chi connectivity index (χ1v) is 11.3. The van der Waals surface area contributed by atoms with Gasteiger partial charge in [-0.15, -0.1) is 0 Å². The maximum Gasteiger partial charge on any atom is 0.255 e. The molecular formula is C20H23BrN2O4S. The van der Waals surface area contributed by atoms with Crippen LogP contribution in [0.4, 0.5) is 5.69 Å². The number of amides is 1. The topological polar surface area (TPSA) is 75.7 Å². The van der Waals surface area contributed by atoms with Crippen molar-refractivity contribution in [1.29, 1.82) is 0 Å². The van der Waals surface area contributed by atoms with Crippen molar-refractivity contribution in [2.45, 2.75) is 25.2 Å². The van der Waals surface area contributed by atoms with Gasteiger partial charge in [0, 0.05) is 28.8 Å². The van der Waals surface area contributed by atoms with E-state index in [4.69, 9.17) is 4.74 Å². The summed E-state index contributed by atoms with van der Waals surface area (Å²) in [4.78, 5) is 12.9. The van der Waals surface area contributed by atoms with Gasteiger partial charge in [0.1, 0.15) is 0 Å². The van der Waals surface area contributed by atoms with Gasteiger partial charge in [0.05, 0.1) is 18.1 Å². The number of aryl methyl sites for hydroxylation is 2. The molecule has 0 atom stereocenters. The minimum atomic E-state index is -3.68. The third-order valence-corrected chi connectivity index (χ3v) is 7.21. The third kappa shape index (κ3) is 4.46. The Balaban J connectivity index is 1.92. The molecule has 1 N–H and O–H groups in total. The van der Waals surface area contributed by atoms with Gasteiger partial charge >= 0.3 is 0 Å². The second-order valence-corrected chi connectivity index (χ2v) is 9.43. The summed E-state index contributed by atoms with van der Waals surface area (Å²) in [5.41, 5.74) is 2.61. The zero-order valence-electron chi connectivity index (χ0n) is 15.9. The van der Waals surface area contributed by atoms with Gasteiger partial charge in [0.25, 0.3) is 5.91 Å². The summed E-state index contributed by atoms with van der Waals surface area (Å²) in [5.74, 6) is -0.341. The molecule has 0 aliphatic carbocycles. The van der Waals surface area contributed by atoms with E-state index in [-0.39, 0.29) is 10.8 Å². The predicted octanol–water partition coefficient (Wildman–Crippen LogP) is 3.59. The number of hydrogen-bond acceptors (Lipinski definition) is 4. The molecule has 3 rings (SSSR count). The summed E-state index contributed by atoms with van der Waals surface area (Å²) in [5, 5.41) is 2.86. The Hall–Kier alpha value is -1.74. The van der Waals surface area contributed by atoms with E-state index >= 15 is 0 Å². The van der Waals surface area contributed by atoms with Crippen molar-refractivity contribution in [3.63, 3.8) is 0 Å². The lowest BCUT2D eigenvalue weighted by Gasteiger charge is -2.27. The van der Waals surface area contributed by atoms with Gasteiger partial charge in [-0.25, -0.2) is 8.42 Å². The van der Waals surface area contributed by atoms with Crippen LogP contribution in [0.25, 0.3) is 0 Å². The van der Waals surface area contributed by atoms with Crippen molar-refractivity contribution in [2.24, 2.45) is 0 Å². The quantitative estimate of drug-likeness (QED) is 0.730. The molecule has 8 heteroatoms. The first-order chi connectivity index (χ1) is 13.3. The van der Waals surface area contributed by atoms with Gasteiger partial charge < -0.3 is 10.1 Å². The predicted molar refractivity (Wildman–Crippen MR) is 112 cm³/mol. The number of nitrogens with zero attached hydrogens (tertiary/aromatic N) is 1. The molecule has 2 aromatic carbocycles. The van der Waals surface area contributed by atoms with Gasteiger partial charge in [0.15, 0.2) is 0 Å². The SMILES string of the molecule is CCc1ccc(C(=O)Nc2ccc(Br)cc2C)cc1S(=O)(=O)N1CCOCC1. The number of carbonyl (C=O) groups is 1. The van der Waals surface area contributed by atoms with Crippen LogP contribution < -0.4 is 5.32 Å². The fourth-order valence-corrected chi connectivity index (χ4v) is 5.32. The molecule has 0 aromatic heterocycles. The van der Waals surface area contributed by atoms with E-state index < -0.39 is 10.0 Å². The lowest BCUT2D eigenvalue weighted by atomic mass is 10.1. The molecular weight excluding hydrogens is 444 g/mol. The molecule has 28 heavy (non-hydrogen) atoms. The van der Waals surface area contributed by atoms with E-state index in [0.717, 1.165) is 10.0 Å². The van der Waals surface area contributed by atoms with E-state index in [1.54, 1.807) is 12.1 Å². The van der Waals surface area contributed by atoms with Crippen molar-refractivity contribution in [3.05, 3.63) is 57.6 Å².